The van der Waals surface area contributed by atoms with E-state index in [4.69, 9.17) is 4.52 Å². The molecule has 0 spiro atoms. The number of rotatable bonds is 2. The van der Waals surface area contributed by atoms with Crippen LogP contribution in [0.1, 0.15) is 38.4 Å². The fourth-order valence-electron chi connectivity index (χ4n) is 2.80. The molecule has 0 saturated carbocycles. The van der Waals surface area contributed by atoms with E-state index >= 15 is 0 Å². The smallest absolute Gasteiger partial charge is 0.246 e. The summed E-state index contributed by atoms with van der Waals surface area (Å²) in [5.74, 6) is 1.54. The van der Waals surface area contributed by atoms with Crippen molar-refractivity contribution in [2.24, 2.45) is 0 Å². The second-order valence-corrected chi connectivity index (χ2v) is 7.88. The molecular formula is C14H20N4O3S. The molecule has 3 heterocycles. The van der Waals surface area contributed by atoms with E-state index in [9.17, 15) is 9.59 Å². The number of aromatic nitrogens is 2. The first-order chi connectivity index (χ1) is 10.5. The zero-order valence-corrected chi connectivity index (χ0v) is 13.6. The summed E-state index contributed by atoms with van der Waals surface area (Å²) < 4.78 is 4.32. The molecule has 1 aromatic heterocycles. The second kappa shape index (κ2) is 5.91. The molecule has 0 aliphatic carbocycles. The Balaban J connectivity index is 1.55. The highest BCUT2D eigenvalue weighted by Gasteiger charge is 2.39. The van der Waals surface area contributed by atoms with Gasteiger partial charge < -0.3 is 14.7 Å². The number of hydrogen-bond acceptors (Lipinski definition) is 6. The summed E-state index contributed by atoms with van der Waals surface area (Å²) in [6.45, 7) is 5.09. The molecule has 3 rings (SSSR count). The molecule has 22 heavy (non-hydrogen) atoms. The number of piperidine rings is 1. The van der Waals surface area contributed by atoms with Crippen molar-refractivity contribution in [3.8, 4) is 0 Å². The molecule has 2 fully saturated rings. The average Bonchev–Trinajstić information content (AvgIpc) is 3.04. The minimum atomic E-state index is -0.456. The summed E-state index contributed by atoms with van der Waals surface area (Å²) in [7, 11) is 0. The van der Waals surface area contributed by atoms with E-state index in [1.807, 2.05) is 18.7 Å². The lowest BCUT2D eigenvalue weighted by Gasteiger charge is -2.37. The van der Waals surface area contributed by atoms with E-state index in [1.165, 1.54) is 18.2 Å². The van der Waals surface area contributed by atoms with Gasteiger partial charge in [0.1, 0.15) is 6.04 Å². The van der Waals surface area contributed by atoms with E-state index < -0.39 is 10.8 Å². The van der Waals surface area contributed by atoms with Crippen molar-refractivity contribution in [1.82, 2.24) is 20.4 Å². The van der Waals surface area contributed by atoms with Crippen LogP contribution < -0.4 is 5.32 Å². The van der Waals surface area contributed by atoms with Gasteiger partial charge in [-0.05, 0) is 26.7 Å². The van der Waals surface area contributed by atoms with Gasteiger partial charge in [0.05, 0.1) is 4.75 Å². The summed E-state index contributed by atoms with van der Waals surface area (Å²) in [5.41, 5.74) is 0. The number of hydrogen-bond donors (Lipinski definition) is 1. The largest absolute Gasteiger partial charge is 0.343 e. The van der Waals surface area contributed by atoms with Crippen LogP contribution in [0.15, 0.2) is 10.9 Å². The van der Waals surface area contributed by atoms with Crippen molar-refractivity contribution in [2.75, 3.05) is 18.8 Å². The van der Waals surface area contributed by atoms with Gasteiger partial charge >= 0.3 is 0 Å². The van der Waals surface area contributed by atoms with E-state index in [2.05, 4.69) is 15.5 Å². The van der Waals surface area contributed by atoms with Crippen LogP contribution in [0.3, 0.4) is 0 Å². The number of nitrogens with zero attached hydrogens (tertiary/aromatic N) is 3. The van der Waals surface area contributed by atoms with Gasteiger partial charge in [-0.2, -0.15) is 4.98 Å². The maximum absolute atomic E-state index is 12.6. The van der Waals surface area contributed by atoms with Gasteiger partial charge in [0.2, 0.25) is 18.2 Å². The van der Waals surface area contributed by atoms with E-state index in [0.29, 0.717) is 18.8 Å². The Morgan fingerprint density at radius 1 is 1.45 bits per heavy atom. The van der Waals surface area contributed by atoms with Gasteiger partial charge in [-0.1, -0.05) is 5.16 Å². The van der Waals surface area contributed by atoms with Crippen LogP contribution in [0.25, 0.3) is 0 Å². The summed E-state index contributed by atoms with van der Waals surface area (Å²) in [6.07, 6.45) is 2.98. The fourth-order valence-corrected chi connectivity index (χ4v) is 3.80. The third-order valence-electron chi connectivity index (χ3n) is 4.31. The highest BCUT2D eigenvalue weighted by Crippen LogP contribution is 2.30. The van der Waals surface area contributed by atoms with E-state index in [0.717, 1.165) is 18.7 Å². The maximum Gasteiger partial charge on any atom is 0.246 e. The fraction of sp³-hybridized carbons (Fsp3) is 0.714. The Kier molecular flexibility index (Phi) is 4.12. The summed E-state index contributed by atoms with van der Waals surface area (Å²) in [6, 6.07) is -0.410. The summed E-state index contributed by atoms with van der Waals surface area (Å²) in [4.78, 5) is 30.5. The number of carbonyl (C=O) groups excluding carboxylic acids is 2. The standard InChI is InChI=1S/C14H20N4O3S/c1-14(2)13(20)16-10(7-22-14)12(19)18-5-3-9(4-6-18)11-15-8-21-17-11/h8-10H,3-7H2,1-2H3,(H,16,20)/t10-/m0/s1. The first-order valence-corrected chi connectivity index (χ1v) is 8.46. The number of amides is 2. The lowest BCUT2D eigenvalue weighted by Crippen LogP contribution is -2.58. The predicted octanol–water partition coefficient (Wildman–Crippen LogP) is 0.786. The second-order valence-electron chi connectivity index (χ2n) is 6.24. The highest BCUT2D eigenvalue weighted by atomic mass is 32.2. The van der Waals surface area contributed by atoms with Gasteiger partial charge in [0.25, 0.3) is 0 Å². The van der Waals surface area contributed by atoms with Crippen molar-refractivity contribution in [2.45, 2.75) is 43.4 Å². The Bertz CT molecular complexity index is 552. The number of thioether (sulfide) groups is 1. The minimum Gasteiger partial charge on any atom is -0.343 e. The molecule has 2 aliphatic rings. The zero-order valence-electron chi connectivity index (χ0n) is 12.7. The lowest BCUT2D eigenvalue weighted by molar-refractivity contribution is -0.137. The van der Waals surface area contributed by atoms with Crippen LogP contribution in [0.2, 0.25) is 0 Å². The number of nitrogens with one attached hydrogen (secondary N) is 1. The topological polar surface area (TPSA) is 88.3 Å². The van der Waals surface area contributed by atoms with Gasteiger partial charge in [-0.25, -0.2) is 0 Å². The molecule has 0 unspecified atom stereocenters. The summed E-state index contributed by atoms with van der Waals surface area (Å²) in [5, 5.41) is 6.73. The molecular weight excluding hydrogens is 304 g/mol. The minimum absolute atomic E-state index is 0.0166. The van der Waals surface area contributed by atoms with Crippen molar-refractivity contribution < 1.29 is 14.1 Å². The molecule has 1 aromatic rings. The Morgan fingerprint density at radius 3 is 2.77 bits per heavy atom. The van der Waals surface area contributed by atoms with Crippen molar-refractivity contribution >= 4 is 23.6 Å². The first-order valence-electron chi connectivity index (χ1n) is 7.47. The van der Waals surface area contributed by atoms with Crippen LogP contribution in [0.4, 0.5) is 0 Å². The molecule has 7 nitrogen and oxygen atoms in total. The molecule has 2 aliphatic heterocycles. The molecule has 2 saturated heterocycles. The van der Waals surface area contributed by atoms with Crippen LogP contribution in [0.5, 0.6) is 0 Å². The van der Waals surface area contributed by atoms with E-state index in [1.54, 1.807) is 0 Å². The first kappa shape index (κ1) is 15.3. The average molecular weight is 324 g/mol. The van der Waals surface area contributed by atoms with Crippen LogP contribution in [-0.2, 0) is 9.59 Å². The number of likely N-dealkylation sites (tertiary alicyclic amines) is 1. The third-order valence-corrected chi connectivity index (χ3v) is 5.72. The van der Waals surface area contributed by atoms with Gasteiger partial charge in [-0.3, -0.25) is 9.59 Å². The van der Waals surface area contributed by atoms with Gasteiger partial charge in [0.15, 0.2) is 5.82 Å². The molecule has 1 N–H and O–H groups in total. The molecule has 0 radical (unpaired) electrons. The van der Waals surface area contributed by atoms with Crippen molar-refractivity contribution in [3.63, 3.8) is 0 Å². The molecule has 120 valence electrons. The highest BCUT2D eigenvalue weighted by molar-refractivity contribution is 8.01. The molecule has 2 amide bonds. The van der Waals surface area contributed by atoms with Crippen molar-refractivity contribution in [1.29, 1.82) is 0 Å². The maximum atomic E-state index is 12.6. The third kappa shape index (κ3) is 2.97. The lowest BCUT2D eigenvalue weighted by atomic mass is 9.96. The quantitative estimate of drug-likeness (QED) is 0.865. The van der Waals surface area contributed by atoms with Gasteiger partial charge in [-0.15, -0.1) is 11.8 Å². The molecule has 0 bridgehead atoms. The summed E-state index contributed by atoms with van der Waals surface area (Å²) >= 11 is 1.54. The Hall–Kier alpha value is -1.57. The zero-order chi connectivity index (χ0) is 15.7. The van der Waals surface area contributed by atoms with Crippen LogP contribution in [0, 0.1) is 0 Å². The van der Waals surface area contributed by atoms with Crippen LogP contribution in [-0.4, -0.2) is 56.5 Å². The normalized spacial score (nSPS) is 25.8. The Morgan fingerprint density at radius 2 is 2.18 bits per heavy atom. The van der Waals surface area contributed by atoms with Crippen molar-refractivity contribution in [3.05, 3.63) is 12.2 Å². The van der Waals surface area contributed by atoms with Gasteiger partial charge in [0, 0.05) is 24.8 Å². The van der Waals surface area contributed by atoms with Crippen LogP contribution >= 0.6 is 11.8 Å². The monoisotopic (exact) mass is 324 g/mol. The molecule has 1 atom stereocenters. The molecule has 8 heteroatoms. The predicted molar refractivity (Wildman–Crippen MR) is 81.3 cm³/mol. The SMILES string of the molecule is CC1(C)SC[C@@H](C(=O)N2CCC(c3ncon3)CC2)NC1=O. The Labute approximate surface area is 133 Å². The number of carbonyl (C=O) groups is 2. The van der Waals surface area contributed by atoms with E-state index in [-0.39, 0.29) is 17.7 Å². The molecule has 0 aromatic carbocycles.